The molecule has 0 saturated heterocycles. The van der Waals surface area contributed by atoms with Crippen molar-refractivity contribution in [3.05, 3.63) is 35.9 Å². The molecule has 24 heavy (non-hydrogen) atoms. The average Bonchev–Trinajstić information content (AvgIpc) is 2.35. The normalized spacial score (nSPS) is 10.3. The van der Waals surface area contributed by atoms with Crippen molar-refractivity contribution in [3.63, 3.8) is 0 Å². The van der Waals surface area contributed by atoms with Crippen molar-refractivity contribution in [1.82, 2.24) is 0 Å². The summed E-state index contributed by atoms with van der Waals surface area (Å²) in [7, 11) is -3.77. The van der Waals surface area contributed by atoms with Crippen LogP contribution in [0.2, 0.25) is 0 Å². The van der Waals surface area contributed by atoms with Gasteiger partial charge in [-0.15, -0.1) is 0 Å². The molecule has 7 nitrogen and oxygen atoms in total. The molecule has 0 saturated carbocycles. The molecule has 0 amide bonds. The Morgan fingerprint density at radius 3 is 1.54 bits per heavy atom. The van der Waals surface area contributed by atoms with E-state index in [9.17, 15) is 14.4 Å². The fourth-order valence-corrected chi connectivity index (χ4v) is 4.06. The first-order valence-corrected chi connectivity index (χ1v) is 9.30. The minimum atomic E-state index is -3.77. The fourth-order valence-electron chi connectivity index (χ4n) is 1.67. The lowest BCUT2D eigenvalue weighted by Crippen LogP contribution is -2.51. The van der Waals surface area contributed by atoms with Crippen LogP contribution < -0.4 is 0 Å². The van der Waals surface area contributed by atoms with Gasteiger partial charge in [0.05, 0.1) is 6.04 Å². The first kappa shape index (κ1) is 21.8. The summed E-state index contributed by atoms with van der Waals surface area (Å²) < 4.78 is 15.2. The Bertz CT molecular complexity index is 499. The van der Waals surface area contributed by atoms with Crippen molar-refractivity contribution in [2.45, 2.75) is 46.8 Å². The Morgan fingerprint density at radius 1 is 0.917 bits per heavy atom. The van der Waals surface area contributed by atoms with Gasteiger partial charge in [-0.3, -0.25) is 14.4 Å². The van der Waals surface area contributed by atoms with E-state index < -0.39 is 26.7 Å². The Kier molecular flexibility index (Phi) is 9.59. The smallest absolute Gasteiger partial charge is 0.455 e. The second-order valence-electron chi connectivity index (χ2n) is 5.22. The molecule has 0 aromatic heterocycles. The molecule has 0 aliphatic carbocycles. The molecular formula is C16H24O7Si. The lowest BCUT2D eigenvalue weighted by atomic mass is 10.2. The van der Waals surface area contributed by atoms with Gasteiger partial charge in [-0.2, -0.15) is 0 Å². The zero-order valence-corrected chi connectivity index (χ0v) is 15.6. The highest BCUT2D eigenvalue weighted by molar-refractivity contribution is 6.65. The number of hydrogen-bond acceptors (Lipinski definition) is 7. The van der Waals surface area contributed by atoms with E-state index in [0.717, 1.165) is 5.56 Å². The molecule has 0 spiro atoms. The maximum absolute atomic E-state index is 11.2. The molecule has 0 heterocycles. The number of aliphatic hydroxyl groups is 1. The van der Waals surface area contributed by atoms with Crippen LogP contribution in [0.1, 0.15) is 40.2 Å². The van der Waals surface area contributed by atoms with E-state index in [-0.39, 0.29) is 12.1 Å². The maximum Gasteiger partial charge on any atom is 0.709 e. The van der Waals surface area contributed by atoms with E-state index >= 15 is 0 Å². The van der Waals surface area contributed by atoms with Crippen LogP contribution in [0.25, 0.3) is 0 Å². The third kappa shape index (κ3) is 10.5. The highest BCUT2D eigenvalue weighted by atomic mass is 28.4. The molecular weight excluding hydrogens is 332 g/mol. The third-order valence-electron chi connectivity index (χ3n) is 2.16. The first-order chi connectivity index (χ1) is 11.1. The number of carbonyl (C=O) groups is 3. The predicted molar refractivity (Wildman–Crippen MR) is 88.6 cm³/mol. The van der Waals surface area contributed by atoms with Crippen LogP contribution in [0.15, 0.2) is 30.3 Å². The topological polar surface area (TPSA) is 99.1 Å². The van der Waals surface area contributed by atoms with E-state index in [2.05, 4.69) is 0 Å². The Hall–Kier alpha value is -2.19. The summed E-state index contributed by atoms with van der Waals surface area (Å²) in [6.45, 7) is 6.94. The molecule has 0 unspecified atom stereocenters. The first-order valence-electron chi connectivity index (χ1n) is 7.37. The van der Waals surface area contributed by atoms with Crippen LogP contribution >= 0.6 is 0 Å². The van der Waals surface area contributed by atoms with Crippen molar-refractivity contribution < 1.29 is 32.8 Å². The van der Waals surface area contributed by atoms with E-state index in [4.69, 9.17) is 18.4 Å². The van der Waals surface area contributed by atoms with Gasteiger partial charge >= 0.3 is 8.80 Å². The fraction of sp³-hybridized carbons (Fsp3) is 0.438. The summed E-state index contributed by atoms with van der Waals surface area (Å²) in [5.74, 6) is -2.01. The second-order valence-corrected chi connectivity index (χ2v) is 7.55. The number of rotatable bonds is 5. The van der Waals surface area contributed by atoms with Crippen LogP contribution in [-0.2, 0) is 33.7 Å². The number of benzene rings is 1. The van der Waals surface area contributed by atoms with Crippen molar-refractivity contribution >= 4 is 26.7 Å². The molecule has 0 atom stereocenters. The summed E-state index contributed by atoms with van der Waals surface area (Å²) >= 11 is 0. The molecule has 134 valence electrons. The minimum Gasteiger partial charge on any atom is -0.455 e. The van der Waals surface area contributed by atoms with Gasteiger partial charge in [0.15, 0.2) is 0 Å². The summed E-state index contributed by atoms with van der Waals surface area (Å²) in [6, 6.07) is 8.95. The molecule has 1 aromatic rings. The van der Waals surface area contributed by atoms with Crippen LogP contribution in [0.3, 0.4) is 0 Å². The van der Waals surface area contributed by atoms with Crippen LogP contribution in [-0.4, -0.2) is 37.9 Å². The lowest BCUT2D eigenvalue weighted by Gasteiger charge is -2.26. The van der Waals surface area contributed by atoms with Crippen molar-refractivity contribution in [1.29, 1.82) is 0 Å². The average molecular weight is 356 g/mol. The lowest BCUT2D eigenvalue weighted by molar-refractivity contribution is -0.147. The van der Waals surface area contributed by atoms with Crippen molar-refractivity contribution in [2.75, 3.05) is 0 Å². The number of carbonyl (C=O) groups excluding carboxylic acids is 3. The Labute approximate surface area is 142 Å². The molecule has 1 N–H and O–H groups in total. The zero-order chi connectivity index (χ0) is 18.8. The summed E-state index contributed by atoms with van der Waals surface area (Å²) in [5.41, 5.74) is 0.739. The number of aliphatic hydroxyl groups excluding tert-OH is 1. The summed E-state index contributed by atoms with van der Waals surface area (Å²) in [6.07, 6.45) is -0.167. The Morgan fingerprint density at radius 2 is 1.25 bits per heavy atom. The standard InChI is InChI=1S/C13H16O6Si.C3H8O/c1-10(14)17-20(18-11(2)15,19-12(3)16)9-13-7-5-4-6-8-13;1-3(2)4/h4-8H,9H2,1-3H3;3-4H,1-2H3. The molecule has 0 fully saturated rings. The quantitative estimate of drug-likeness (QED) is 0.803. The number of hydrogen-bond donors (Lipinski definition) is 1. The highest BCUT2D eigenvalue weighted by Crippen LogP contribution is 2.18. The monoisotopic (exact) mass is 356 g/mol. The third-order valence-corrected chi connectivity index (χ3v) is 4.80. The molecule has 0 aliphatic rings. The van der Waals surface area contributed by atoms with E-state index in [1.165, 1.54) is 20.8 Å². The van der Waals surface area contributed by atoms with E-state index in [1.807, 2.05) is 6.07 Å². The van der Waals surface area contributed by atoms with E-state index in [1.54, 1.807) is 38.1 Å². The molecule has 0 bridgehead atoms. The molecule has 1 rings (SSSR count). The minimum absolute atomic E-state index is 0.0482. The summed E-state index contributed by atoms with van der Waals surface area (Å²) in [4.78, 5) is 33.7. The molecule has 8 heteroatoms. The van der Waals surface area contributed by atoms with Crippen LogP contribution in [0.4, 0.5) is 0 Å². The van der Waals surface area contributed by atoms with Gasteiger partial charge in [0.2, 0.25) is 0 Å². The maximum atomic E-state index is 11.2. The Balaban J connectivity index is 0.00000118. The molecule has 1 aromatic carbocycles. The van der Waals surface area contributed by atoms with Gasteiger partial charge in [0.1, 0.15) is 0 Å². The largest absolute Gasteiger partial charge is 0.709 e. The van der Waals surface area contributed by atoms with Gasteiger partial charge in [-0.1, -0.05) is 30.3 Å². The van der Waals surface area contributed by atoms with Gasteiger partial charge in [0.25, 0.3) is 17.9 Å². The SMILES string of the molecule is CC(=O)O[Si](Cc1ccccc1)(OC(C)=O)OC(C)=O.CC(C)O. The van der Waals surface area contributed by atoms with Crippen LogP contribution in [0, 0.1) is 0 Å². The molecule has 0 aliphatic heterocycles. The van der Waals surface area contributed by atoms with Gasteiger partial charge in [-0.05, 0) is 19.4 Å². The van der Waals surface area contributed by atoms with Gasteiger partial charge in [0, 0.05) is 26.9 Å². The van der Waals surface area contributed by atoms with E-state index in [0.29, 0.717) is 0 Å². The second kappa shape index (κ2) is 10.6. The molecule has 0 radical (unpaired) electrons. The summed E-state index contributed by atoms with van der Waals surface area (Å²) in [5, 5.41) is 8.06. The zero-order valence-electron chi connectivity index (χ0n) is 14.6. The van der Waals surface area contributed by atoms with Gasteiger partial charge in [-0.25, -0.2) is 0 Å². The van der Waals surface area contributed by atoms with Gasteiger partial charge < -0.3 is 18.4 Å². The predicted octanol–water partition coefficient (Wildman–Crippen LogP) is 1.78. The van der Waals surface area contributed by atoms with Crippen LogP contribution in [0.5, 0.6) is 0 Å². The van der Waals surface area contributed by atoms with Crippen molar-refractivity contribution in [2.24, 2.45) is 0 Å². The highest BCUT2D eigenvalue weighted by Gasteiger charge is 2.51. The van der Waals surface area contributed by atoms with Crippen molar-refractivity contribution in [3.8, 4) is 0 Å².